The van der Waals surface area contributed by atoms with Gasteiger partial charge in [-0.25, -0.2) is 0 Å². The highest BCUT2D eigenvalue weighted by Gasteiger charge is 2.19. The summed E-state index contributed by atoms with van der Waals surface area (Å²) in [6.45, 7) is 3.45. The fourth-order valence-electron chi connectivity index (χ4n) is 3.60. The Morgan fingerprint density at radius 1 is 1.19 bits per heavy atom. The molecule has 0 radical (unpaired) electrons. The van der Waals surface area contributed by atoms with Gasteiger partial charge in [0, 0.05) is 30.2 Å². The van der Waals surface area contributed by atoms with E-state index >= 15 is 0 Å². The van der Waals surface area contributed by atoms with Crippen LogP contribution in [0.15, 0.2) is 34.9 Å². The number of anilines is 2. The molecule has 3 aromatic heterocycles. The predicted octanol–water partition coefficient (Wildman–Crippen LogP) is 3.02. The van der Waals surface area contributed by atoms with Crippen molar-refractivity contribution in [1.29, 1.82) is 0 Å². The molecule has 4 aromatic rings. The minimum Gasteiger partial charge on any atom is -0.381 e. The Labute approximate surface area is 155 Å². The number of pyridine rings is 1. The van der Waals surface area contributed by atoms with Gasteiger partial charge in [-0.05, 0) is 49.6 Å². The van der Waals surface area contributed by atoms with Gasteiger partial charge >= 0.3 is 0 Å². The van der Waals surface area contributed by atoms with Crippen molar-refractivity contribution in [3.8, 4) is 11.1 Å². The van der Waals surface area contributed by atoms with Crippen LogP contribution >= 0.6 is 0 Å². The quantitative estimate of drug-likeness (QED) is 0.576. The van der Waals surface area contributed by atoms with Crippen molar-refractivity contribution in [2.45, 2.75) is 25.8 Å². The molecule has 0 aliphatic carbocycles. The lowest BCUT2D eigenvalue weighted by Crippen LogP contribution is -2.29. The summed E-state index contributed by atoms with van der Waals surface area (Å²) >= 11 is 0. The first-order valence-electron chi connectivity index (χ1n) is 9.05. The van der Waals surface area contributed by atoms with Gasteiger partial charge in [0.1, 0.15) is 5.82 Å². The normalized spacial score (nSPS) is 15.6. The van der Waals surface area contributed by atoms with Gasteiger partial charge in [-0.1, -0.05) is 11.2 Å². The third-order valence-electron chi connectivity index (χ3n) is 5.04. The van der Waals surface area contributed by atoms with Crippen LogP contribution in [0, 0.1) is 6.92 Å². The number of hydrogen-bond acceptors (Lipinski definition) is 7. The van der Waals surface area contributed by atoms with E-state index in [1.807, 2.05) is 31.2 Å². The SMILES string of the molecule is Cc1noc2cc(-c3ccc4nc(N)nn4c3NC3CCOCC3)ccc12. The van der Waals surface area contributed by atoms with Crippen molar-refractivity contribution in [1.82, 2.24) is 19.8 Å². The summed E-state index contributed by atoms with van der Waals surface area (Å²) in [6.07, 6.45) is 1.89. The van der Waals surface area contributed by atoms with Gasteiger partial charge in [-0.2, -0.15) is 9.50 Å². The Morgan fingerprint density at radius 3 is 2.89 bits per heavy atom. The number of hydrogen-bond donors (Lipinski definition) is 2. The third-order valence-corrected chi connectivity index (χ3v) is 5.04. The topological polar surface area (TPSA) is 104 Å². The molecule has 8 nitrogen and oxygen atoms in total. The molecule has 0 bridgehead atoms. The summed E-state index contributed by atoms with van der Waals surface area (Å²) in [5, 5.41) is 13.1. The Kier molecular flexibility index (Phi) is 3.71. The summed E-state index contributed by atoms with van der Waals surface area (Å²) in [7, 11) is 0. The van der Waals surface area contributed by atoms with E-state index in [1.54, 1.807) is 4.52 Å². The number of fused-ring (bicyclic) bond motifs is 2. The zero-order valence-electron chi connectivity index (χ0n) is 15.0. The van der Waals surface area contributed by atoms with Crippen molar-refractivity contribution in [3.05, 3.63) is 36.0 Å². The molecule has 1 aliphatic rings. The predicted molar refractivity (Wildman–Crippen MR) is 103 cm³/mol. The number of nitrogen functional groups attached to an aromatic ring is 1. The molecule has 0 amide bonds. The monoisotopic (exact) mass is 364 g/mol. The molecular weight excluding hydrogens is 344 g/mol. The molecule has 1 saturated heterocycles. The molecule has 0 unspecified atom stereocenters. The second kappa shape index (κ2) is 6.24. The highest BCUT2D eigenvalue weighted by molar-refractivity contribution is 5.87. The number of benzene rings is 1. The largest absolute Gasteiger partial charge is 0.381 e. The summed E-state index contributed by atoms with van der Waals surface area (Å²) in [6, 6.07) is 10.4. The average molecular weight is 364 g/mol. The second-order valence-electron chi connectivity index (χ2n) is 6.85. The molecule has 4 heterocycles. The van der Waals surface area contributed by atoms with Crippen LogP contribution in [0.3, 0.4) is 0 Å². The van der Waals surface area contributed by atoms with Gasteiger partial charge in [0.05, 0.1) is 5.69 Å². The summed E-state index contributed by atoms with van der Waals surface area (Å²) in [5.41, 5.74) is 10.2. The lowest BCUT2D eigenvalue weighted by atomic mass is 10.0. The van der Waals surface area contributed by atoms with Crippen LogP contribution in [0.1, 0.15) is 18.5 Å². The Hall–Kier alpha value is -3.13. The van der Waals surface area contributed by atoms with Gasteiger partial charge in [-0.3, -0.25) is 0 Å². The first-order chi connectivity index (χ1) is 13.2. The van der Waals surface area contributed by atoms with Crippen LogP contribution in [0.4, 0.5) is 11.8 Å². The zero-order chi connectivity index (χ0) is 18.4. The van der Waals surface area contributed by atoms with E-state index in [0.717, 1.165) is 59.7 Å². The van der Waals surface area contributed by atoms with Crippen LogP contribution in [-0.2, 0) is 4.74 Å². The number of nitrogens with zero attached hydrogens (tertiary/aromatic N) is 4. The molecule has 8 heteroatoms. The summed E-state index contributed by atoms with van der Waals surface area (Å²) in [5.74, 6) is 1.13. The van der Waals surface area contributed by atoms with E-state index in [2.05, 4.69) is 26.6 Å². The Morgan fingerprint density at radius 2 is 2.04 bits per heavy atom. The van der Waals surface area contributed by atoms with Crippen LogP contribution in [0.25, 0.3) is 27.7 Å². The average Bonchev–Trinajstić information content (AvgIpc) is 3.25. The van der Waals surface area contributed by atoms with Crippen molar-refractivity contribution >= 4 is 28.4 Å². The van der Waals surface area contributed by atoms with Crippen LogP contribution in [0.2, 0.25) is 0 Å². The molecule has 1 aromatic carbocycles. The number of aromatic nitrogens is 4. The maximum Gasteiger partial charge on any atom is 0.240 e. The maximum atomic E-state index is 5.84. The fourth-order valence-corrected chi connectivity index (χ4v) is 3.60. The molecule has 0 spiro atoms. The number of rotatable bonds is 3. The van der Waals surface area contributed by atoms with Crippen molar-refractivity contribution < 1.29 is 9.26 Å². The molecule has 3 N–H and O–H groups in total. The van der Waals surface area contributed by atoms with Crippen molar-refractivity contribution in [3.63, 3.8) is 0 Å². The van der Waals surface area contributed by atoms with Crippen molar-refractivity contribution in [2.24, 2.45) is 0 Å². The molecule has 5 rings (SSSR count). The van der Waals surface area contributed by atoms with E-state index in [4.69, 9.17) is 15.0 Å². The van der Waals surface area contributed by atoms with Crippen LogP contribution in [-0.4, -0.2) is 39.0 Å². The third kappa shape index (κ3) is 2.78. The second-order valence-corrected chi connectivity index (χ2v) is 6.85. The molecule has 0 saturated carbocycles. The van der Waals surface area contributed by atoms with Crippen LogP contribution < -0.4 is 11.1 Å². The van der Waals surface area contributed by atoms with Crippen LogP contribution in [0.5, 0.6) is 0 Å². The van der Waals surface area contributed by atoms with E-state index in [-0.39, 0.29) is 5.95 Å². The van der Waals surface area contributed by atoms with Gasteiger partial charge in [0.2, 0.25) is 5.95 Å². The highest BCUT2D eigenvalue weighted by atomic mass is 16.5. The lowest BCUT2D eigenvalue weighted by molar-refractivity contribution is 0.0903. The number of aryl methyl sites for hydroxylation is 1. The molecule has 1 aliphatic heterocycles. The minimum atomic E-state index is 0.253. The number of nitrogens with two attached hydrogens (primary N) is 1. The molecule has 1 fully saturated rings. The lowest BCUT2D eigenvalue weighted by Gasteiger charge is -2.25. The van der Waals surface area contributed by atoms with Gasteiger partial charge in [-0.15, -0.1) is 5.10 Å². The van der Waals surface area contributed by atoms with E-state index in [1.165, 1.54) is 0 Å². The smallest absolute Gasteiger partial charge is 0.240 e. The molecule has 0 atom stereocenters. The summed E-state index contributed by atoms with van der Waals surface area (Å²) < 4.78 is 12.7. The molecule has 27 heavy (non-hydrogen) atoms. The van der Waals surface area contributed by atoms with E-state index < -0.39 is 0 Å². The molecular formula is C19H20N6O2. The van der Waals surface area contributed by atoms with Gasteiger partial charge in [0.25, 0.3) is 0 Å². The van der Waals surface area contributed by atoms with E-state index in [0.29, 0.717) is 11.7 Å². The van der Waals surface area contributed by atoms with Crippen molar-refractivity contribution in [2.75, 3.05) is 24.3 Å². The van der Waals surface area contributed by atoms with Gasteiger partial charge in [0.15, 0.2) is 11.2 Å². The van der Waals surface area contributed by atoms with E-state index in [9.17, 15) is 0 Å². The maximum absolute atomic E-state index is 5.84. The van der Waals surface area contributed by atoms with Gasteiger partial charge < -0.3 is 20.3 Å². The first-order valence-corrected chi connectivity index (χ1v) is 9.05. The number of nitrogens with one attached hydrogen (secondary N) is 1. The summed E-state index contributed by atoms with van der Waals surface area (Å²) in [4.78, 5) is 4.29. The Bertz CT molecular complexity index is 1130. The highest BCUT2D eigenvalue weighted by Crippen LogP contribution is 2.33. The first kappa shape index (κ1) is 16.1. The fraction of sp³-hybridized carbons (Fsp3) is 0.316. The Balaban J connectivity index is 1.66. The number of ether oxygens (including phenoxy) is 1. The standard InChI is InChI=1S/C19H20N6O2/c1-11-14-3-2-12(10-16(14)27-24-11)15-4-5-17-22-19(20)23-25(17)18(15)21-13-6-8-26-9-7-13/h2-5,10,13,21H,6-9H2,1H3,(H2,20,23). The zero-order valence-corrected chi connectivity index (χ0v) is 15.0. The minimum absolute atomic E-state index is 0.253. The molecule has 138 valence electrons.